The maximum atomic E-state index is 11.1. The number of aldehydes is 1. The highest BCUT2D eigenvalue weighted by Gasteiger charge is 2.09. The van der Waals surface area contributed by atoms with Gasteiger partial charge in [-0.3, -0.25) is 9.20 Å². The standard InChI is InChI=1S/C14H11N3O2/c18-9-11-4-2-6-13-15-16-14(17(11)13)8-10-3-1-5-12(19)7-10/h1-7,9,19H,8H2. The molecule has 0 aliphatic heterocycles. The van der Waals surface area contributed by atoms with E-state index in [0.717, 1.165) is 11.8 Å². The van der Waals surface area contributed by atoms with Crippen LogP contribution in [0.25, 0.3) is 5.65 Å². The molecule has 1 N–H and O–H groups in total. The van der Waals surface area contributed by atoms with Crippen LogP contribution >= 0.6 is 0 Å². The smallest absolute Gasteiger partial charge is 0.166 e. The minimum atomic E-state index is 0.210. The van der Waals surface area contributed by atoms with Crippen LogP contribution in [0.1, 0.15) is 21.9 Å². The van der Waals surface area contributed by atoms with E-state index < -0.39 is 0 Å². The molecule has 0 saturated carbocycles. The van der Waals surface area contributed by atoms with Crippen molar-refractivity contribution in [1.29, 1.82) is 0 Å². The molecule has 0 aliphatic rings. The summed E-state index contributed by atoms with van der Waals surface area (Å²) in [5, 5.41) is 17.6. The fourth-order valence-electron chi connectivity index (χ4n) is 2.08. The van der Waals surface area contributed by atoms with Gasteiger partial charge >= 0.3 is 0 Å². The summed E-state index contributed by atoms with van der Waals surface area (Å²) in [5.74, 6) is 0.880. The second-order valence-electron chi connectivity index (χ2n) is 4.23. The van der Waals surface area contributed by atoms with E-state index in [0.29, 0.717) is 23.6 Å². The first-order chi connectivity index (χ1) is 9.28. The summed E-state index contributed by atoms with van der Waals surface area (Å²) in [5.41, 5.74) is 2.06. The van der Waals surface area contributed by atoms with Crippen molar-refractivity contribution in [2.75, 3.05) is 0 Å². The molecule has 0 radical (unpaired) electrons. The fourth-order valence-corrected chi connectivity index (χ4v) is 2.08. The number of aromatic nitrogens is 3. The molecular formula is C14H11N3O2. The molecule has 0 aliphatic carbocycles. The molecule has 0 amide bonds. The van der Waals surface area contributed by atoms with Crippen molar-refractivity contribution in [2.45, 2.75) is 6.42 Å². The molecule has 3 aromatic rings. The molecule has 2 aromatic heterocycles. The van der Waals surface area contributed by atoms with Gasteiger partial charge in [-0.2, -0.15) is 0 Å². The number of phenolic OH excluding ortho intramolecular Hbond substituents is 1. The van der Waals surface area contributed by atoms with Gasteiger partial charge in [0, 0.05) is 6.42 Å². The Balaban J connectivity index is 2.08. The Labute approximate surface area is 109 Å². The summed E-state index contributed by atoms with van der Waals surface area (Å²) >= 11 is 0. The molecule has 0 fully saturated rings. The molecule has 19 heavy (non-hydrogen) atoms. The first-order valence-corrected chi connectivity index (χ1v) is 5.84. The van der Waals surface area contributed by atoms with Gasteiger partial charge in [0.05, 0.1) is 5.69 Å². The van der Waals surface area contributed by atoms with Crippen LogP contribution < -0.4 is 0 Å². The van der Waals surface area contributed by atoms with Crippen molar-refractivity contribution in [3.63, 3.8) is 0 Å². The van der Waals surface area contributed by atoms with Gasteiger partial charge in [0.25, 0.3) is 0 Å². The van der Waals surface area contributed by atoms with Crippen LogP contribution in [0, 0.1) is 0 Å². The zero-order valence-corrected chi connectivity index (χ0v) is 10.0. The Morgan fingerprint density at radius 3 is 2.79 bits per heavy atom. The van der Waals surface area contributed by atoms with Crippen molar-refractivity contribution in [3.05, 3.63) is 59.5 Å². The first-order valence-electron chi connectivity index (χ1n) is 5.84. The number of fused-ring (bicyclic) bond motifs is 1. The van der Waals surface area contributed by atoms with E-state index in [4.69, 9.17) is 0 Å². The Bertz CT molecular complexity index is 749. The van der Waals surface area contributed by atoms with E-state index in [9.17, 15) is 9.90 Å². The van der Waals surface area contributed by atoms with Gasteiger partial charge in [-0.15, -0.1) is 10.2 Å². The van der Waals surface area contributed by atoms with Crippen LogP contribution in [0.3, 0.4) is 0 Å². The molecule has 0 atom stereocenters. The van der Waals surface area contributed by atoms with Gasteiger partial charge in [-0.05, 0) is 29.8 Å². The zero-order valence-electron chi connectivity index (χ0n) is 10.0. The Morgan fingerprint density at radius 1 is 1.16 bits per heavy atom. The van der Waals surface area contributed by atoms with E-state index in [1.807, 2.05) is 6.07 Å². The summed E-state index contributed by atoms with van der Waals surface area (Å²) in [7, 11) is 0. The van der Waals surface area contributed by atoms with Crippen molar-refractivity contribution >= 4 is 11.9 Å². The van der Waals surface area contributed by atoms with Crippen LogP contribution in [0.4, 0.5) is 0 Å². The zero-order chi connectivity index (χ0) is 13.2. The lowest BCUT2D eigenvalue weighted by Crippen LogP contribution is -2.01. The quantitative estimate of drug-likeness (QED) is 0.723. The van der Waals surface area contributed by atoms with Crippen LogP contribution in [0.15, 0.2) is 42.5 Å². The van der Waals surface area contributed by atoms with Gasteiger partial charge in [-0.1, -0.05) is 18.2 Å². The molecule has 1 aromatic carbocycles. The number of pyridine rings is 1. The van der Waals surface area contributed by atoms with Gasteiger partial charge in [-0.25, -0.2) is 0 Å². The molecule has 2 heterocycles. The van der Waals surface area contributed by atoms with Crippen molar-refractivity contribution in [1.82, 2.24) is 14.6 Å². The molecule has 5 heteroatoms. The van der Waals surface area contributed by atoms with E-state index in [1.54, 1.807) is 40.8 Å². The number of carbonyl (C=O) groups is 1. The molecule has 0 saturated heterocycles. The van der Waals surface area contributed by atoms with Crippen molar-refractivity contribution in [3.8, 4) is 5.75 Å². The minimum absolute atomic E-state index is 0.210. The third kappa shape index (κ3) is 2.06. The molecule has 0 spiro atoms. The largest absolute Gasteiger partial charge is 0.508 e. The predicted octanol–water partition coefficient (Wildman–Crippen LogP) is 1.84. The van der Waals surface area contributed by atoms with Crippen molar-refractivity contribution in [2.24, 2.45) is 0 Å². The first kappa shape index (κ1) is 11.4. The predicted molar refractivity (Wildman–Crippen MR) is 69.3 cm³/mol. The molecular weight excluding hydrogens is 242 g/mol. The Hall–Kier alpha value is -2.69. The van der Waals surface area contributed by atoms with Crippen LogP contribution in [0.5, 0.6) is 5.75 Å². The van der Waals surface area contributed by atoms with Crippen molar-refractivity contribution < 1.29 is 9.90 Å². The lowest BCUT2D eigenvalue weighted by Gasteiger charge is -2.03. The summed E-state index contributed by atoms with van der Waals surface area (Å²) in [6.07, 6.45) is 1.28. The maximum Gasteiger partial charge on any atom is 0.166 e. The molecule has 3 rings (SSSR count). The third-order valence-electron chi connectivity index (χ3n) is 2.92. The lowest BCUT2D eigenvalue weighted by atomic mass is 10.1. The average Bonchev–Trinajstić information content (AvgIpc) is 2.82. The third-order valence-corrected chi connectivity index (χ3v) is 2.92. The number of rotatable bonds is 3. The van der Waals surface area contributed by atoms with Crippen LogP contribution in [-0.4, -0.2) is 26.0 Å². The SMILES string of the molecule is O=Cc1cccc2nnc(Cc3cccc(O)c3)n12. The monoisotopic (exact) mass is 253 g/mol. The summed E-state index contributed by atoms with van der Waals surface area (Å²) in [6, 6.07) is 12.2. The van der Waals surface area contributed by atoms with Gasteiger partial charge in [0.15, 0.2) is 11.9 Å². The van der Waals surface area contributed by atoms with E-state index >= 15 is 0 Å². The van der Waals surface area contributed by atoms with E-state index in [1.165, 1.54) is 0 Å². The van der Waals surface area contributed by atoms with Gasteiger partial charge in [0.2, 0.25) is 0 Å². The molecule has 5 nitrogen and oxygen atoms in total. The fraction of sp³-hybridized carbons (Fsp3) is 0.0714. The number of aromatic hydroxyl groups is 1. The Morgan fingerprint density at radius 2 is 2.00 bits per heavy atom. The van der Waals surface area contributed by atoms with Crippen LogP contribution in [-0.2, 0) is 6.42 Å². The summed E-state index contributed by atoms with van der Waals surface area (Å²) in [6.45, 7) is 0. The van der Waals surface area contributed by atoms with E-state index in [2.05, 4.69) is 10.2 Å². The number of nitrogens with zero attached hydrogens (tertiary/aromatic N) is 3. The van der Waals surface area contributed by atoms with Gasteiger partial charge < -0.3 is 5.11 Å². The normalized spacial score (nSPS) is 10.7. The topological polar surface area (TPSA) is 67.5 Å². The van der Waals surface area contributed by atoms with Crippen LogP contribution in [0.2, 0.25) is 0 Å². The number of carbonyl (C=O) groups excluding carboxylic acids is 1. The second-order valence-corrected chi connectivity index (χ2v) is 4.23. The van der Waals surface area contributed by atoms with Gasteiger partial charge in [0.1, 0.15) is 11.6 Å². The average molecular weight is 253 g/mol. The minimum Gasteiger partial charge on any atom is -0.508 e. The highest BCUT2D eigenvalue weighted by molar-refractivity contribution is 5.74. The molecule has 0 unspecified atom stereocenters. The molecule has 0 bridgehead atoms. The molecule has 94 valence electrons. The highest BCUT2D eigenvalue weighted by atomic mass is 16.3. The van der Waals surface area contributed by atoms with E-state index in [-0.39, 0.29) is 5.75 Å². The summed E-state index contributed by atoms with van der Waals surface area (Å²) < 4.78 is 1.72. The highest BCUT2D eigenvalue weighted by Crippen LogP contribution is 2.15. The summed E-state index contributed by atoms with van der Waals surface area (Å²) in [4.78, 5) is 11.1. The second kappa shape index (κ2) is 4.53. The number of benzene rings is 1. The number of hydrogen-bond acceptors (Lipinski definition) is 4. The maximum absolute atomic E-state index is 11.1. The Kier molecular flexibility index (Phi) is 2.72. The number of hydrogen-bond donors (Lipinski definition) is 1. The number of phenols is 1. The lowest BCUT2D eigenvalue weighted by molar-refractivity contribution is 0.111.